The van der Waals surface area contributed by atoms with Crippen LogP contribution in [-0.2, 0) is 11.9 Å². The summed E-state index contributed by atoms with van der Waals surface area (Å²) in [4.78, 5) is 0. The summed E-state index contributed by atoms with van der Waals surface area (Å²) < 4.78 is 36.8. The lowest BCUT2D eigenvalue weighted by Gasteiger charge is -2.07. The summed E-state index contributed by atoms with van der Waals surface area (Å²) in [5, 5.41) is 0. The van der Waals surface area contributed by atoms with Crippen LogP contribution in [0.2, 0.25) is 0 Å². The maximum Gasteiger partial charge on any atom is 0.416 e. The minimum Gasteiger partial charge on any atom is -0.166 e. The molecule has 0 bridgehead atoms. The van der Waals surface area contributed by atoms with Crippen LogP contribution in [0.25, 0.3) is 0 Å². The van der Waals surface area contributed by atoms with E-state index < -0.39 is 11.7 Å². The molecule has 0 aliphatic carbocycles. The summed E-state index contributed by atoms with van der Waals surface area (Å²) in [5.74, 6) is 1.86. The first-order chi connectivity index (χ1) is 7.54. The molecule has 0 aromatic heterocycles. The van der Waals surface area contributed by atoms with Crippen molar-refractivity contribution in [3.05, 3.63) is 35.4 Å². The van der Waals surface area contributed by atoms with Crippen LogP contribution in [0.1, 0.15) is 30.9 Å². The molecule has 0 nitrogen and oxygen atoms in total. The third-order valence-electron chi connectivity index (χ3n) is 2.19. The summed E-state index contributed by atoms with van der Waals surface area (Å²) in [7, 11) is 0. The first-order valence-electron chi connectivity index (χ1n) is 5.28. The largest absolute Gasteiger partial charge is 0.416 e. The Morgan fingerprint density at radius 1 is 1.12 bits per heavy atom. The van der Waals surface area contributed by atoms with Gasteiger partial charge < -0.3 is 0 Å². The topological polar surface area (TPSA) is 0 Å². The predicted molar refractivity (Wildman–Crippen MR) is 62.5 cm³/mol. The standard InChI is InChI=1S/C12H15F3S/c1-2-3-8-16-9-10-4-6-11(7-5-10)12(13,14)15/h4-7H,2-3,8-9H2,1H3. The summed E-state index contributed by atoms with van der Waals surface area (Å²) >= 11 is 1.76. The lowest BCUT2D eigenvalue weighted by atomic mass is 10.1. The normalized spacial score (nSPS) is 11.8. The second kappa shape index (κ2) is 6.18. The van der Waals surface area contributed by atoms with Gasteiger partial charge >= 0.3 is 6.18 Å². The molecular weight excluding hydrogens is 233 g/mol. The van der Waals surface area contributed by atoms with E-state index in [2.05, 4.69) is 6.92 Å². The quantitative estimate of drug-likeness (QED) is 0.678. The molecule has 0 unspecified atom stereocenters. The Hall–Kier alpha value is -0.640. The van der Waals surface area contributed by atoms with E-state index in [1.165, 1.54) is 0 Å². The Bertz CT molecular complexity index is 303. The van der Waals surface area contributed by atoms with Crippen LogP contribution >= 0.6 is 11.8 Å². The highest BCUT2D eigenvalue weighted by atomic mass is 32.2. The van der Waals surface area contributed by atoms with E-state index >= 15 is 0 Å². The van der Waals surface area contributed by atoms with E-state index in [-0.39, 0.29) is 0 Å². The van der Waals surface area contributed by atoms with E-state index in [4.69, 9.17) is 0 Å². The average Bonchev–Trinajstić information content (AvgIpc) is 2.24. The van der Waals surface area contributed by atoms with Gasteiger partial charge in [-0.25, -0.2) is 0 Å². The molecule has 0 heterocycles. The van der Waals surface area contributed by atoms with Crippen molar-refractivity contribution in [2.75, 3.05) is 5.75 Å². The first kappa shape index (κ1) is 13.4. The van der Waals surface area contributed by atoms with Gasteiger partial charge in [0.05, 0.1) is 5.56 Å². The fraction of sp³-hybridized carbons (Fsp3) is 0.500. The maximum absolute atomic E-state index is 12.3. The number of thioether (sulfide) groups is 1. The number of rotatable bonds is 5. The van der Waals surface area contributed by atoms with Crippen LogP contribution in [0, 0.1) is 0 Å². The van der Waals surface area contributed by atoms with Gasteiger partial charge in [-0.1, -0.05) is 25.5 Å². The fourth-order valence-electron chi connectivity index (χ4n) is 1.23. The molecule has 0 radical (unpaired) electrons. The molecule has 0 atom stereocenters. The van der Waals surface area contributed by atoms with Gasteiger partial charge in [-0.3, -0.25) is 0 Å². The summed E-state index contributed by atoms with van der Waals surface area (Å²) in [6, 6.07) is 5.41. The Kier molecular flexibility index (Phi) is 5.19. The molecule has 0 saturated carbocycles. The Morgan fingerprint density at radius 2 is 1.75 bits per heavy atom. The van der Waals surface area contributed by atoms with Crippen molar-refractivity contribution < 1.29 is 13.2 Å². The van der Waals surface area contributed by atoms with Gasteiger partial charge in [0.15, 0.2) is 0 Å². The number of halogens is 3. The van der Waals surface area contributed by atoms with Crippen LogP contribution in [0.5, 0.6) is 0 Å². The van der Waals surface area contributed by atoms with Gasteiger partial charge in [0, 0.05) is 5.75 Å². The van der Waals surface area contributed by atoms with E-state index in [9.17, 15) is 13.2 Å². The van der Waals surface area contributed by atoms with Crippen LogP contribution in [-0.4, -0.2) is 5.75 Å². The minimum atomic E-state index is -4.23. The third kappa shape index (κ3) is 4.47. The molecule has 1 aromatic carbocycles. The molecular formula is C12H15F3S. The van der Waals surface area contributed by atoms with Gasteiger partial charge in [0.25, 0.3) is 0 Å². The van der Waals surface area contributed by atoms with Crippen LogP contribution in [0.4, 0.5) is 13.2 Å². The lowest BCUT2D eigenvalue weighted by Crippen LogP contribution is -2.04. The summed E-state index contributed by atoms with van der Waals surface area (Å²) in [6.45, 7) is 2.12. The van der Waals surface area contributed by atoms with Gasteiger partial charge in [-0.05, 0) is 29.9 Å². The number of hydrogen-bond donors (Lipinski definition) is 0. The predicted octanol–water partition coefficient (Wildman–Crippen LogP) is 4.74. The molecule has 1 aromatic rings. The maximum atomic E-state index is 12.3. The second-order valence-electron chi connectivity index (χ2n) is 3.60. The zero-order valence-electron chi connectivity index (χ0n) is 9.18. The van der Waals surface area contributed by atoms with Gasteiger partial charge in [-0.15, -0.1) is 0 Å². The highest BCUT2D eigenvalue weighted by Crippen LogP contribution is 2.29. The van der Waals surface area contributed by atoms with E-state index in [0.717, 1.165) is 42.0 Å². The first-order valence-corrected chi connectivity index (χ1v) is 6.43. The molecule has 16 heavy (non-hydrogen) atoms. The lowest BCUT2D eigenvalue weighted by molar-refractivity contribution is -0.137. The van der Waals surface area contributed by atoms with Crippen molar-refractivity contribution in [3.8, 4) is 0 Å². The fourth-order valence-corrected chi connectivity index (χ4v) is 2.29. The third-order valence-corrected chi connectivity index (χ3v) is 3.31. The molecule has 0 fully saturated rings. The molecule has 0 saturated heterocycles. The van der Waals surface area contributed by atoms with Crippen molar-refractivity contribution in [1.82, 2.24) is 0 Å². The smallest absolute Gasteiger partial charge is 0.166 e. The monoisotopic (exact) mass is 248 g/mol. The van der Waals surface area contributed by atoms with Gasteiger partial charge in [0.1, 0.15) is 0 Å². The molecule has 0 amide bonds. The molecule has 0 N–H and O–H groups in total. The van der Waals surface area contributed by atoms with Crippen LogP contribution in [0.15, 0.2) is 24.3 Å². The number of unbranched alkanes of at least 4 members (excludes halogenated alkanes) is 1. The van der Waals surface area contributed by atoms with E-state index in [1.54, 1.807) is 23.9 Å². The molecule has 90 valence electrons. The molecule has 4 heteroatoms. The minimum absolute atomic E-state index is 0.574. The van der Waals surface area contributed by atoms with Gasteiger partial charge in [-0.2, -0.15) is 24.9 Å². The summed E-state index contributed by atoms with van der Waals surface area (Å²) in [5.41, 5.74) is 0.379. The molecule has 0 aliphatic heterocycles. The highest BCUT2D eigenvalue weighted by molar-refractivity contribution is 7.98. The SMILES string of the molecule is CCCCSCc1ccc(C(F)(F)F)cc1. The van der Waals surface area contributed by atoms with E-state index in [0.29, 0.717) is 0 Å². The Labute approximate surface area is 98.2 Å². The van der Waals surface area contributed by atoms with Crippen LogP contribution in [0.3, 0.4) is 0 Å². The van der Waals surface area contributed by atoms with Crippen molar-refractivity contribution in [2.45, 2.75) is 31.7 Å². The van der Waals surface area contributed by atoms with E-state index in [1.807, 2.05) is 0 Å². The van der Waals surface area contributed by atoms with Crippen LogP contribution < -0.4 is 0 Å². The zero-order chi connectivity index (χ0) is 12.0. The van der Waals surface area contributed by atoms with Crippen molar-refractivity contribution >= 4 is 11.8 Å². The molecule has 0 aliphatic rings. The number of alkyl halides is 3. The van der Waals surface area contributed by atoms with Gasteiger partial charge in [0.2, 0.25) is 0 Å². The molecule has 1 rings (SSSR count). The van der Waals surface area contributed by atoms with Crippen molar-refractivity contribution in [2.24, 2.45) is 0 Å². The van der Waals surface area contributed by atoms with Crippen molar-refractivity contribution in [1.29, 1.82) is 0 Å². The number of benzene rings is 1. The zero-order valence-corrected chi connectivity index (χ0v) is 10.00. The average molecular weight is 248 g/mol. The Balaban J connectivity index is 2.46. The highest BCUT2D eigenvalue weighted by Gasteiger charge is 2.29. The second-order valence-corrected chi connectivity index (χ2v) is 4.71. The molecule has 0 spiro atoms. The Morgan fingerprint density at radius 3 is 2.25 bits per heavy atom. The number of hydrogen-bond acceptors (Lipinski definition) is 1. The van der Waals surface area contributed by atoms with Crippen molar-refractivity contribution in [3.63, 3.8) is 0 Å². The summed E-state index contributed by atoms with van der Waals surface area (Å²) in [6.07, 6.45) is -1.92.